The Labute approximate surface area is 132 Å². The Morgan fingerprint density at radius 2 is 1.90 bits per heavy atom. The predicted octanol–water partition coefficient (Wildman–Crippen LogP) is 0.617. The summed E-state index contributed by atoms with van der Waals surface area (Å²) in [6.07, 6.45) is 0. The molecule has 0 aliphatic carbocycles. The molecule has 21 heavy (non-hydrogen) atoms. The van der Waals surface area contributed by atoms with E-state index in [-0.39, 0.29) is 27.2 Å². The van der Waals surface area contributed by atoms with Crippen LogP contribution in [0.3, 0.4) is 0 Å². The van der Waals surface area contributed by atoms with Crippen LogP contribution in [0, 0.1) is 0 Å². The first-order valence-electron chi connectivity index (χ1n) is 5.77. The molecule has 0 saturated carbocycles. The minimum Gasteiger partial charge on any atom is -0.399 e. The Morgan fingerprint density at radius 3 is 2.43 bits per heavy atom. The minimum absolute atomic E-state index is 0.118. The molecule has 1 aromatic rings. The van der Waals surface area contributed by atoms with Gasteiger partial charge in [-0.3, -0.25) is 4.79 Å². The van der Waals surface area contributed by atoms with E-state index in [2.05, 4.69) is 10.0 Å². The fourth-order valence-corrected chi connectivity index (χ4v) is 3.63. The molecule has 0 aromatic heterocycles. The fraction of sp³-hybridized carbons (Fsp3) is 0.364. The number of anilines is 1. The fourth-order valence-electron chi connectivity index (χ4n) is 1.42. The van der Waals surface area contributed by atoms with Crippen LogP contribution in [0.1, 0.15) is 0 Å². The van der Waals surface area contributed by atoms with Crippen LogP contribution in [0.15, 0.2) is 17.0 Å². The number of carbonyl (C=O) groups is 1. The summed E-state index contributed by atoms with van der Waals surface area (Å²) in [6.45, 7) is 0.164. The van der Waals surface area contributed by atoms with Gasteiger partial charge in [0.25, 0.3) is 0 Å². The van der Waals surface area contributed by atoms with Crippen LogP contribution < -0.4 is 15.8 Å². The zero-order valence-corrected chi connectivity index (χ0v) is 13.5. The van der Waals surface area contributed by atoms with Crippen molar-refractivity contribution in [1.29, 1.82) is 0 Å². The van der Waals surface area contributed by atoms with Gasteiger partial charge in [0.2, 0.25) is 15.9 Å². The second kappa shape index (κ2) is 7.81. The lowest BCUT2D eigenvalue weighted by atomic mass is 10.3. The number of carbonyl (C=O) groups excluding carboxylic acids is 1. The first-order chi connectivity index (χ1) is 9.77. The molecular formula is C11H15Cl2N3O4S. The van der Waals surface area contributed by atoms with Gasteiger partial charge in [-0.25, -0.2) is 13.1 Å². The third-order valence-corrected chi connectivity index (χ3v) is 4.66. The number of nitrogens with two attached hydrogens (primary N) is 1. The molecule has 1 rings (SSSR count). The molecule has 7 nitrogen and oxygen atoms in total. The zero-order valence-electron chi connectivity index (χ0n) is 11.2. The molecular weight excluding hydrogens is 341 g/mol. The van der Waals surface area contributed by atoms with Gasteiger partial charge in [-0.2, -0.15) is 0 Å². The number of hydrogen-bond acceptors (Lipinski definition) is 5. The molecule has 0 aliphatic heterocycles. The van der Waals surface area contributed by atoms with E-state index in [0.717, 1.165) is 0 Å². The second-order valence-electron chi connectivity index (χ2n) is 3.98. The monoisotopic (exact) mass is 355 g/mol. The van der Waals surface area contributed by atoms with Crippen molar-refractivity contribution in [2.45, 2.75) is 4.90 Å². The lowest BCUT2D eigenvalue weighted by Crippen LogP contribution is -2.38. The number of methoxy groups -OCH3 is 1. The van der Waals surface area contributed by atoms with Crippen molar-refractivity contribution in [3.63, 3.8) is 0 Å². The van der Waals surface area contributed by atoms with Crippen molar-refractivity contribution in [3.8, 4) is 0 Å². The molecule has 118 valence electrons. The molecule has 0 bridgehead atoms. The number of ether oxygens (including phenoxy) is 1. The van der Waals surface area contributed by atoms with Gasteiger partial charge in [-0.15, -0.1) is 0 Å². The average molecular weight is 356 g/mol. The molecule has 0 fully saturated rings. The topological polar surface area (TPSA) is 111 Å². The lowest BCUT2D eigenvalue weighted by Gasteiger charge is -2.11. The third kappa shape index (κ3) is 5.33. The molecule has 1 amide bonds. The summed E-state index contributed by atoms with van der Waals surface area (Å²) in [6, 6.07) is 2.53. The summed E-state index contributed by atoms with van der Waals surface area (Å²) < 4.78 is 31.1. The Morgan fingerprint density at radius 1 is 1.33 bits per heavy atom. The van der Waals surface area contributed by atoms with E-state index in [1.807, 2.05) is 0 Å². The quantitative estimate of drug-likeness (QED) is 0.490. The molecule has 0 saturated heterocycles. The SMILES string of the molecule is COCCNC(=O)CNS(=O)(=O)c1c(Cl)cc(N)cc1Cl. The van der Waals surface area contributed by atoms with Crippen LogP contribution in [-0.4, -0.2) is 41.1 Å². The van der Waals surface area contributed by atoms with Crippen LogP contribution in [0.5, 0.6) is 0 Å². The standard InChI is InChI=1S/C11H15Cl2N3O4S/c1-20-3-2-15-10(17)6-16-21(18,19)11-8(12)4-7(14)5-9(11)13/h4-5,16H,2-3,6,14H2,1H3,(H,15,17). The summed E-state index contributed by atoms with van der Waals surface area (Å²) >= 11 is 11.7. The Hall–Kier alpha value is -1.06. The maximum absolute atomic E-state index is 12.1. The Kier molecular flexibility index (Phi) is 6.69. The van der Waals surface area contributed by atoms with Crippen molar-refractivity contribution in [1.82, 2.24) is 10.0 Å². The van der Waals surface area contributed by atoms with Crippen LogP contribution in [0.25, 0.3) is 0 Å². The van der Waals surface area contributed by atoms with Crippen LogP contribution in [0.4, 0.5) is 5.69 Å². The lowest BCUT2D eigenvalue weighted by molar-refractivity contribution is -0.120. The maximum Gasteiger partial charge on any atom is 0.244 e. The second-order valence-corrected chi connectivity index (χ2v) is 6.50. The number of nitrogens with one attached hydrogen (secondary N) is 2. The van der Waals surface area contributed by atoms with Crippen molar-refractivity contribution in [3.05, 3.63) is 22.2 Å². The highest BCUT2D eigenvalue weighted by molar-refractivity contribution is 7.89. The third-order valence-electron chi connectivity index (χ3n) is 2.34. The van der Waals surface area contributed by atoms with E-state index in [4.69, 9.17) is 33.7 Å². The number of amides is 1. The molecule has 0 unspecified atom stereocenters. The van der Waals surface area contributed by atoms with Gasteiger partial charge in [-0.1, -0.05) is 23.2 Å². The van der Waals surface area contributed by atoms with E-state index in [1.54, 1.807) is 0 Å². The normalized spacial score (nSPS) is 11.4. The molecule has 0 radical (unpaired) electrons. The Balaban J connectivity index is 2.77. The minimum atomic E-state index is -4.03. The van der Waals surface area contributed by atoms with E-state index in [9.17, 15) is 13.2 Å². The molecule has 0 heterocycles. The highest BCUT2D eigenvalue weighted by Crippen LogP contribution is 2.31. The smallest absolute Gasteiger partial charge is 0.244 e. The zero-order chi connectivity index (χ0) is 16.0. The van der Waals surface area contributed by atoms with E-state index in [0.29, 0.717) is 6.61 Å². The van der Waals surface area contributed by atoms with Gasteiger partial charge >= 0.3 is 0 Å². The van der Waals surface area contributed by atoms with Gasteiger partial charge in [-0.05, 0) is 12.1 Å². The number of benzene rings is 1. The van der Waals surface area contributed by atoms with Crippen molar-refractivity contribution < 1.29 is 17.9 Å². The van der Waals surface area contributed by atoms with E-state index < -0.39 is 22.5 Å². The van der Waals surface area contributed by atoms with Gasteiger partial charge in [0.15, 0.2) is 0 Å². The van der Waals surface area contributed by atoms with Gasteiger partial charge in [0, 0.05) is 19.3 Å². The summed E-state index contributed by atoms with van der Waals surface area (Å²) in [5, 5.41) is 2.23. The first-order valence-corrected chi connectivity index (χ1v) is 8.01. The number of halogens is 2. The summed E-state index contributed by atoms with van der Waals surface area (Å²) in [5.41, 5.74) is 5.74. The van der Waals surface area contributed by atoms with Crippen LogP contribution in [-0.2, 0) is 19.6 Å². The molecule has 1 aromatic carbocycles. The molecule has 0 aliphatic rings. The molecule has 10 heteroatoms. The number of hydrogen-bond donors (Lipinski definition) is 3. The summed E-state index contributed by atoms with van der Waals surface area (Å²) in [4.78, 5) is 11.1. The van der Waals surface area contributed by atoms with Crippen LogP contribution in [0.2, 0.25) is 10.0 Å². The maximum atomic E-state index is 12.1. The van der Waals surface area contributed by atoms with Crippen molar-refractivity contribution >= 4 is 44.8 Å². The molecule has 4 N–H and O–H groups in total. The largest absolute Gasteiger partial charge is 0.399 e. The highest BCUT2D eigenvalue weighted by atomic mass is 35.5. The van der Waals surface area contributed by atoms with E-state index in [1.165, 1.54) is 19.2 Å². The number of sulfonamides is 1. The molecule has 0 spiro atoms. The first kappa shape index (κ1) is 18.0. The van der Waals surface area contributed by atoms with Crippen molar-refractivity contribution in [2.75, 3.05) is 32.5 Å². The van der Waals surface area contributed by atoms with E-state index >= 15 is 0 Å². The predicted molar refractivity (Wildman–Crippen MR) is 80.9 cm³/mol. The van der Waals surface area contributed by atoms with Gasteiger partial charge < -0.3 is 15.8 Å². The van der Waals surface area contributed by atoms with Gasteiger partial charge in [0.05, 0.1) is 23.2 Å². The summed E-state index contributed by atoms with van der Waals surface area (Å²) in [7, 11) is -2.54. The Bertz CT molecular complexity index is 599. The number of nitrogen functional groups attached to an aromatic ring is 1. The van der Waals surface area contributed by atoms with Crippen LogP contribution >= 0.6 is 23.2 Å². The van der Waals surface area contributed by atoms with Gasteiger partial charge in [0.1, 0.15) is 4.90 Å². The summed E-state index contributed by atoms with van der Waals surface area (Å²) in [5.74, 6) is -0.502. The average Bonchev–Trinajstić information content (AvgIpc) is 2.35. The van der Waals surface area contributed by atoms with Crippen molar-refractivity contribution in [2.24, 2.45) is 0 Å². The molecule has 0 atom stereocenters. The highest BCUT2D eigenvalue weighted by Gasteiger charge is 2.22. The number of rotatable bonds is 7.